The van der Waals surface area contributed by atoms with E-state index in [1.54, 1.807) is 0 Å². The summed E-state index contributed by atoms with van der Waals surface area (Å²) in [5.41, 5.74) is 0.980. The summed E-state index contributed by atoms with van der Waals surface area (Å²) in [4.78, 5) is 45.9. The second kappa shape index (κ2) is 10.2. The van der Waals surface area contributed by atoms with E-state index in [0.717, 1.165) is 19.4 Å². The molecule has 1 aromatic carbocycles. The lowest BCUT2D eigenvalue weighted by molar-refractivity contribution is -0.172. The van der Waals surface area contributed by atoms with Crippen LogP contribution in [0, 0.1) is 0 Å². The molecule has 0 spiro atoms. The number of esters is 3. The van der Waals surface area contributed by atoms with Gasteiger partial charge in [0.15, 0.2) is 12.7 Å². The Kier molecular flexibility index (Phi) is 8.32. The standard InChI is InChI=1S/C18H22O7/c1-12(19)23-11-16(22)18(25-14(3)21)17(24-13(2)20)10-9-15-7-5-4-6-8-15/h4-8,17-18H,9-11H2,1-3H3/t17-,18-/m1/s1. The van der Waals surface area contributed by atoms with Gasteiger partial charge in [0, 0.05) is 20.8 Å². The van der Waals surface area contributed by atoms with Crippen molar-refractivity contribution in [3.63, 3.8) is 0 Å². The van der Waals surface area contributed by atoms with Crippen LogP contribution < -0.4 is 0 Å². The quantitative estimate of drug-likeness (QED) is 0.493. The van der Waals surface area contributed by atoms with Gasteiger partial charge in [0.05, 0.1) is 0 Å². The highest BCUT2D eigenvalue weighted by Gasteiger charge is 2.34. The van der Waals surface area contributed by atoms with Crippen LogP contribution in [0.2, 0.25) is 0 Å². The van der Waals surface area contributed by atoms with E-state index in [0.29, 0.717) is 6.42 Å². The second-order valence-electron chi connectivity index (χ2n) is 5.45. The van der Waals surface area contributed by atoms with Gasteiger partial charge >= 0.3 is 17.9 Å². The molecule has 0 aliphatic carbocycles. The molecule has 0 aliphatic heterocycles. The molecule has 136 valence electrons. The van der Waals surface area contributed by atoms with E-state index >= 15 is 0 Å². The van der Waals surface area contributed by atoms with Gasteiger partial charge in [-0.2, -0.15) is 0 Å². The van der Waals surface area contributed by atoms with Gasteiger partial charge in [-0.25, -0.2) is 0 Å². The molecule has 0 bridgehead atoms. The SMILES string of the molecule is CC(=O)OCC(=O)[C@@H](OC(C)=O)[C@@H](CCc1ccccc1)OC(C)=O. The van der Waals surface area contributed by atoms with Crippen LogP contribution >= 0.6 is 0 Å². The predicted molar refractivity (Wildman–Crippen MR) is 87.5 cm³/mol. The third-order valence-electron chi connectivity index (χ3n) is 3.24. The first-order valence-corrected chi connectivity index (χ1v) is 7.84. The fourth-order valence-corrected chi connectivity index (χ4v) is 2.22. The number of hydrogen-bond donors (Lipinski definition) is 0. The maximum Gasteiger partial charge on any atom is 0.303 e. The van der Waals surface area contributed by atoms with Gasteiger partial charge in [-0.1, -0.05) is 30.3 Å². The van der Waals surface area contributed by atoms with Crippen molar-refractivity contribution in [2.24, 2.45) is 0 Å². The van der Waals surface area contributed by atoms with Crippen molar-refractivity contribution in [3.8, 4) is 0 Å². The molecule has 0 aliphatic rings. The van der Waals surface area contributed by atoms with E-state index in [4.69, 9.17) is 9.47 Å². The fraction of sp³-hybridized carbons (Fsp3) is 0.444. The molecule has 0 saturated heterocycles. The number of carbonyl (C=O) groups is 4. The summed E-state index contributed by atoms with van der Waals surface area (Å²) in [6.07, 6.45) is -1.51. The molecule has 0 fully saturated rings. The highest BCUT2D eigenvalue weighted by Crippen LogP contribution is 2.15. The molecule has 7 heteroatoms. The monoisotopic (exact) mass is 350 g/mol. The summed E-state index contributed by atoms with van der Waals surface area (Å²) < 4.78 is 14.9. The highest BCUT2D eigenvalue weighted by atomic mass is 16.6. The third-order valence-corrected chi connectivity index (χ3v) is 3.24. The number of ketones is 1. The van der Waals surface area contributed by atoms with Crippen LogP contribution in [-0.4, -0.2) is 42.5 Å². The molecule has 0 unspecified atom stereocenters. The minimum Gasteiger partial charge on any atom is -0.458 e. The lowest BCUT2D eigenvalue weighted by Gasteiger charge is -2.25. The molecule has 0 saturated carbocycles. The Morgan fingerprint density at radius 3 is 2.00 bits per heavy atom. The zero-order chi connectivity index (χ0) is 18.8. The smallest absolute Gasteiger partial charge is 0.303 e. The molecular weight excluding hydrogens is 328 g/mol. The minimum absolute atomic E-state index is 0.271. The summed E-state index contributed by atoms with van der Waals surface area (Å²) in [7, 11) is 0. The van der Waals surface area contributed by atoms with E-state index in [1.165, 1.54) is 6.92 Å². The maximum absolute atomic E-state index is 12.3. The number of benzene rings is 1. The van der Waals surface area contributed by atoms with Crippen molar-refractivity contribution in [2.75, 3.05) is 6.61 Å². The van der Waals surface area contributed by atoms with Gasteiger partial charge in [0.25, 0.3) is 0 Å². The van der Waals surface area contributed by atoms with Crippen molar-refractivity contribution in [1.29, 1.82) is 0 Å². The number of rotatable bonds is 9. The average Bonchev–Trinajstić information content (AvgIpc) is 2.54. The summed E-state index contributed by atoms with van der Waals surface area (Å²) in [6.45, 7) is 2.95. The molecule has 0 amide bonds. The van der Waals surface area contributed by atoms with Crippen LogP contribution in [0.4, 0.5) is 0 Å². The van der Waals surface area contributed by atoms with Gasteiger partial charge in [-0.05, 0) is 18.4 Å². The van der Waals surface area contributed by atoms with Crippen molar-refractivity contribution >= 4 is 23.7 Å². The zero-order valence-corrected chi connectivity index (χ0v) is 14.5. The first-order chi connectivity index (χ1) is 11.8. The summed E-state index contributed by atoms with van der Waals surface area (Å²) >= 11 is 0. The first-order valence-electron chi connectivity index (χ1n) is 7.84. The van der Waals surface area contributed by atoms with Crippen molar-refractivity contribution in [1.82, 2.24) is 0 Å². The number of aryl methyl sites for hydroxylation is 1. The molecule has 1 aromatic rings. The van der Waals surface area contributed by atoms with Crippen LogP contribution in [0.3, 0.4) is 0 Å². The fourth-order valence-electron chi connectivity index (χ4n) is 2.22. The Bertz CT molecular complexity index is 609. The van der Waals surface area contributed by atoms with Crippen molar-refractivity contribution < 1.29 is 33.4 Å². The van der Waals surface area contributed by atoms with E-state index in [1.807, 2.05) is 30.3 Å². The first kappa shape index (κ1) is 20.3. The normalized spacial score (nSPS) is 12.6. The van der Waals surface area contributed by atoms with E-state index in [2.05, 4.69) is 4.74 Å². The summed E-state index contributed by atoms with van der Waals surface area (Å²) in [6, 6.07) is 9.40. The molecule has 0 heterocycles. The van der Waals surface area contributed by atoms with Crippen molar-refractivity contribution in [2.45, 2.75) is 45.8 Å². The van der Waals surface area contributed by atoms with Gasteiger partial charge in [0.1, 0.15) is 6.10 Å². The Morgan fingerprint density at radius 1 is 0.880 bits per heavy atom. The molecule has 7 nitrogen and oxygen atoms in total. The Morgan fingerprint density at radius 2 is 1.48 bits per heavy atom. The minimum atomic E-state index is -1.33. The molecule has 1 rings (SSSR count). The second-order valence-corrected chi connectivity index (χ2v) is 5.45. The lowest BCUT2D eigenvalue weighted by atomic mass is 10.0. The number of Topliss-reactive ketones (excluding diaryl/α,β-unsaturated/α-hetero) is 1. The topological polar surface area (TPSA) is 96.0 Å². The van der Waals surface area contributed by atoms with Crippen LogP contribution in [0.5, 0.6) is 0 Å². The third kappa shape index (κ3) is 8.10. The van der Waals surface area contributed by atoms with E-state index in [9.17, 15) is 19.2 Å². The summed E-state index contributed by atoms with van der Waals surface area (Å²) in [5, 5.41) is 0. The molecule has 0 radical (unpaired) electrons. The Labute approximate surface area is 146 Å². The molecule has 0 N–H and O–H groups in total. The van der Waals surface area contributed by atoms with Crippen LogP contribution in [-0.2, 0) is 39.8 Å². The zero-order valence-electron chi connectivity index (χ0n) is 14.5. The molecular formula is C18H22O7. The van der Waals surface area contributed by atoms with Crippen LogP contribution in [0.1, 0.15) is 32.8 Å². The highest BCUT2D eigenvalue weighted by molar-refractivity contribution is 5.88. The predicted octanol–water partition coefficient (Wildman–Crippen LogP) is 1.61. The number of carbonyl (C=O) groups excluding carboxylic acids is 4. The number of ether oxygens (including phenoxy) is 3. The average molecular weight is 350 g/mol. The lowest BCUT2D eigenvalue weighted by Crippen LogP contribution is -2.42. The molecule has 0 aromatic heterocycles. The van der Waals surface area contributed by atoms with Gasteiger partial charge in [-0.15, -0.1) is 0 Å². The van der Waals surface area contributed by atoms with Crippen LogP contribution in [0.25, 0.3) is 0 Å². The van der Waals surface area contributed by atoms with E-state index in [-0.39, 0.29) is 6.42 Å². The van der Waals surface area contributed by atoms with Gasteiger partial charge in [-0.3, -0.25) is 19.2 Å². The van der Waals surface area contributed by atoms with Crippen LogP contribution in [0.15, 0.2) is 30.3 Å². The van der Waals surface area contributed by atoms with Gasteiger partial charge < -0.3 is 14.2 Å². The Balaban J connectivity index is 2.89. The van der Waals surface area contributed by atoms with Crippen molar-refractivity contribution in [3.05, 3.63) is 35.9 Å². The molecule has 2 atom stereocenters. The largest absolute Gasteiger partial charge is 0.458 e. The number of hydrogen-bond acceptors (Lipinski definition) is 7. The van der Waals surface area contributed by atoms with Gasteiger partial charge in [0.2, 0.25) is 5.78 Å². The molecule has 25 heavy (non-hydrogen) atoms. The summed E-state index contributed by atoms with van der Waals surface area (Å²) in [5.74, 6) is -2.58. The Hall–Kier alpha value is -2.70. The van der Waals surface area contributed by atoms with E-state index < -0.39 is 42.5 Å². The maximum atomic E-state index is 12.3.